The number of anilines is 1. The van der Waals surface area contributed by atoms with Crippen LogP contribution < -0.4 is 15.2 Å². The first-order valence-electron chi connectivity index (χ1n) is 10.5. The average molecular weight is 567 g/mol. The van der Waals surface area contributed by atoms with E-state index in [0.29, 0.717) is 29.3 Å². The minimum absolute atomic E-state index is 0.0344. The number of nitrogens with two attached hydrogens (primary N) is 1. The maximum atomic E-state index is 13.2. The Morgan fingerprint density at radius 3 is 2.91 bits per heavy atom. The topological polar surface area (TPSA) is 134 Å². The fraction of sp³-hybridized carbons (Fsp3) is 0.318. The molecule has 1 saturated carbocycles. The molecular formula is C22H23BrN4O5S2. The van der Waals surface area contributed by atoms with E-state index in [1.807, 2.05) is 35.7 Å². The summed E-state index contributed by atoms with van der Waals surface area (Å²) in [5.41, 5.74) is 1.27. The summed E-state index contributed by atoms with van der Waals surface area (Å²) < 4.78 is 33.5. The fourth-order valence-corrected chi connectivity index (χ4v) is 5.41. The standard InChI is InChI=1S/C22H23BrN4O5S2/c23-18-3-1-2-4-19(18)31-10-15-8-20(33-12-15)21(28)17-9-25-13-26-22(17)27-16-6-5-14(7-16)11-32-34(24,29)30/h1-4,8-9,12-14,16H,5-7,10-11H2,(H2,24,29,30)(H,25,26,27)/t14-,16?/m1/s1. The SMILES string of the molecule is NS(=O)(=O)OC[C@@H]1CCC(Nc2ncncc2C(=O)c2cc(COc3ccccc3Br)cs2)C1. The molecule has 9 nitrogen and oxygen atoms in total. The van der Waals surface area contributed by atoms with Crippen molar-refractivity contribution < 1.29 is 22.1 Å². The minimum atomic E-state index is -3.95. The highest BCUT2D eigenvalue weighted by atomic mass is 79.9. The number of para-hydroxylation sites is 1. The summed E-state index contributed by atoms with van der Waals surface area (Å²) >= 11 is 4.80. The number of thiophene rings is 1. The van der Waals surface area contributed by atoms with Crippen LogP contribution in [0.3, 0.4) is 0 Å². The number of hydrogen-bond acceptors (Lipinski definition) is 9. The first kappa shape index (κ1) is 24.7. The summed E-state index contributed by atoms with van der Waals surface area (Å²) in [5, 5.41) is 10.1. The molecule has 4 rings (SSSR count). The van der Waals surface area contributed by atoms with Crippen LogP contribution in [-0.4, -0.2) is 36.8 Å². The smallest absolute Gasteiger partial charge is 0.333 e. The number of hydrogen-bond donors (Lipinski definition) is 2. The normalized spacial score (nSPS) is 18.1. The Bertz CT molecular complexity index is 1270. The lowest BCUT2D eigenvalue weighted by molar-refractivity contribution is 0.104. The Hall–Kier alpha value is -2.38. The number of halogens is 1. The molecule has 1 fully saturated rings. The molecule has 0 spiro atoms. The first-order chi connectivity index (χ1) is 16.3. The van der Waals surface area contributed by atoms with Crippen LogP contribution in [-0.2, 0) is 21.1 Å². The molecule has 0 saturated heterocycles. The van der Waals surface area contributed by atoms with Crippen molar-refractivity contribution in [1.82, 2.24) is 9.97 Å². The highest BCUT2D eigenvalue weighted by Gasteiger charge is 2.28. The van der Waals surface area contributed by atoms with Crippen molar-refractivity contribution >= 4 is 49.2 Å². The van der Waals surface area contributed by atoms with Gasteiger partial charge < -0.3 is 10.1 Å². The van der Waals surface area contributed by atoms with Gasteiger partial charge in [-0.3, -0.25) is 8.98 Å². The minimum Gasteiger partial charge on any atom is -0.488 e. The lowest BCUT2D eigenvalue weighted by atomic mass is 10.1. The Kier molecular flexibility index (Phi) is 7.94. The first-order valence-corrected chi connectivity index (χ1v) is 13.7. The van der Waals surface area contributed by atoms with Crippen LogP contribution in [0.2, 0.25) is 0 Å². The molecule has 2 atom stereocenters. The van der Waals surface area contributed by atoms with Gasteiger partial charge in [-0.1, -0.05) is 12.1 Å². The molecule has 3 N–H and O–H groups in total. The van der Waals surface area contributed by atoms with E-state index < -0.39 is 10.3 Å². The van der Waals surface area contributed by atoms with Gasteiger partial charge in [0.25, 0.3) is 0 Å². The van der Waals surface area contributed by atoms with Gasteiger partial charge in [-0.2, -0.15) is 8.42 Å². The Labute approximate surface area is 210 Å². The van der Waals surface area contributed by atoms with Gasteiger partial charge in [-0.05, 0) is 64.7 Å². The maximum Gasteiger partial charge on any atom is 0.333 e. The predicted molar refractivity (Wildman–Crippen MR) is 132 cm³/mol. The van der Waals surface area contributed by atoms with Crippen LogP contribution in [0, 0.1) is 5.92 Å². The lowest BCUT2D eigenvalue weighted by Gasteiger charge is -2.15. The molecule has 2 heterocycles. The van der Waals surface area contributed by atoms with Crippen molar-refractivity contribution in [3.05, 3.63) is 68.7 Å². The third-order valence-corrected chi connectivity index (χ3v) is 7.51. The maximum absolute atomic E-state index is 13.2. The highest BCUT2D eigenvalue weighted by molar-refractivity contribution is 9.10. The van der Waals surface area contributed by atoms with E-state index in [0.717, 1.165) is 28.6 Å². The van der Waals surface area contributed by atoms with Crippen LogP contribution in [0.5, 0.6) is 5.75 Å². The van der Waals surface area contributed by atoms with Gasteiger partial charge in [0.05, 0.1) is 21.5 Å². The number of rotatable bonds is 10. The van der Waals surface area contributed by atoms with E-state index >= 15 is 0 Å². The number of ketones is 1. The van der Waals surface area contributed by atoms with E-state index in [1.54, 1.807) is 0 Å². The largest absolute Gasteiger partial charge is 0.488 e. The molecule has 1 aromatic carbocycles. The quantitative estimate of drug-likeness (QED) is 0.353. The summed E-state index contributed by atoms with van der Waals surface area (Å²) in [6.45, 7) is 0.388. The monoisotopic (exact) mass is 566 g/mol. The van der Waals surface area contributed by atoms with Gasteiger partial charge in [0.15, 0.2) is 0 Å². The zero-order valence-corrected chi connectivity index (χ0v) is 21.2. The number of carbonyl (C=O) groups excluding carboxylic acids is 1. The van der Waals surface area contributed by atoms with E-state index in [2.05, 4.69) is 31.2 Å². The van der Waals surface area contributed by atoms with Crippen LogP contribution in [0.15, 0.2) is 52.7 Å². The van der Waals surface area contributed by atoms with Crippen LogP contribution in [0.1, 0.15) is 40.1 Å². The molecule has 0 bridgehead atoms. The molecule has 0 aliphatic heterocycles. The Balaban J connectivity index is 1.39. The van der Waals surface area contributed by atoms with Gasteiger partial charge in [0.1, 0.15) is 24.5 Å². The van der Waals surface area contributed by atoms with Gasteiger partial charge in [0, 0.05) is 17.8 Å². The highest BCUT2D eigenvalue weighted by Crippen LogP contribution is 2.30. The summed E-state index contributed by atoms with van der Waals surface area (Å²) in [7, 11) is -3.95. The van der Waals surface area contributed by atoms with E-state index in [1.165, 1.54) is 23.9 Å². The molecule has 1 unspecified atom stereocenters. The Morgan fingerprint density at radius 2 is 2.12 bits per heavy atom. The Morgan fingerprint density at radius 1 is 1.29 bits per heavy atom. The number of benzene rings is 1. The van der Waals surface area contributed by atoms with Gasteiger partial charge in [-0.15, -0.1) is 11.3 Å². The van der Waals surface area contributed by atoms with Crippen molar-refractivity contribution in [2.75, 3.05) is 11.9 Å². The second-order valence-corrected chi connectivity index (χ2v) is 10.9. The number of carbonyl (C=O) groups is 1. The van der Waals surface area contributed by atoms with E-state index in [4.69, 9.17) is 14.1 Å². The average Bonchev–Trinajstić information content (AvgIpc) is 3.46. The lowest BCUT2D eigenvalue weighted by Crippen LogP contribution is -2.22. The van der Waals surface area contributed by atoms with E-state index in [-0.39, 0.29) is 24.3 Å². The molecule has 1 aliphatic rings. The second kappa shape index (κ2) is 10.9. The zero-order valence-electron chi connectivity index (χ0n) is 18.0. The van der Waals surface area contributed by atoms with Crippen molar-refractivity contribution in [2.45, 2.75) is 31.9 Å². The summed E-state index contributed by atoms with van der Waals surface area (Å²) in [6.07, 6.45) is 5.16. The number of ether oxygens (including phenoxy) is 1. The predicted octanol–water partition coefficient (Wildman–Crippen LogP) is 3.91. The van der Waals surface area contributed by atoms with Crippen molar-refractivity contribution in [1.29, 1.82) is 0 Å². The van der Waals surface area contributed by atoms with E-state index in [9.17, 15) is 13.2 Å². The molecule has 2 aromatic heterocycles. The fourth-order valence-electron chi connectivity index (χ4n) is 3.78. The zero-order chi connectivity index (χ0) is 24.1. The molecule has 1 aliphatic carbocycles. The molecule has 180 valence electrons. The van der Waals surface area contributed by atoms with Crippen molar-refractivity contribution in [2.24, 2.45) is 11.1 Å². The number of nitrogens with one attached hydrogen (secondary N) is 1. The molecule has 3 aromatic rings. The molecule has 0 radical (unpaired) electrons. The molecule has 0 amide bonds. The third-order valence-electron chi connectivity index (χ3n) is 5.42. The summed E-state index contributed by atoms with van der Waals surface area (Å²) in [6, 6.07) is 9.43. The molecule has 34 heavy (non-hydrogen) atoms. The third kappa shape index (κ3) is 6.60. The van der Waals surface area contributed by atoms with Crippen molar-refractivity contribution in [3.8, 4) is 5.75 Å². The van der Waals surface area contributed by atoms with Gasteiger partial charge in [-0.25, -0.2) is 15.1 Å². The molecular weight excluding hydrogens is 544 g/mol. The second-order valence-electron chi connectivity index (χ2n) is 7.95. The number of nitrogens with zero attached hydrogens (tertiary/aromatic N) is 2. The summed E-state index contributed by atoms with van der Waals surface area (Å²) in [4.78, 5) is 22.1. The van der Waals surface area contributed by atoms with Gasteiger partial charge >= 0.3 is 10.3 Å². The summed E-state index contributed by atoms with van der Waals surface area (Å²) in [5.74, 6) is 1.07. The van der Waals surface area contributed by atoms with Gasteiger partial charge in [0.2, 0.25) is 5.78 Å². The molecule has 12 heteroatoms. The van der Waals surface area contributed by atoms with Crippen LogP contribution in [0.4, 0.5) is 5.82 Å². The van der Waals surface area contributed by atoms with Crippen LogP contribution >= 0.6 is 27.3 Å². The number of aromatic nitrogens is 2. The van der Waals surface area contributed by atoms with Crippen molar-refractivity contribution in [3.63, 3.8) is 0 Å². The van der Waals surface area contributed by atoms with Crippen LogP contribution in [0.25, 0.3) is 0 Å².